The number of ether oxygens (including phenoxy) is 2. The largest absolute Gasteiger partial charge is 0.493 e. The summed E-state index contributed by atoms with van der Waals surface area (Å²) in [5.74, 6) is 4.18. The van der Waals surface area contributed by atoms with E-state index in [1.807, 2.05) is 35.7 Å². The molecule has 1 aliphatic heterocycles. The maximum Gasteiger partial charge on any atom is 0.165 e. The van der Waals surface area contributed by atoms with E-state index in [1.165, 1.54) is 23.5 Å². The molecule has 1 aliphatic rings. The average molecular weight is 256 g/mol. The normalized spacial score (nSPS) is 17.1. The molecule has 1 heterocycles. The van der Waals surface area contributed by atoms with Gasteiger partial charge < -0.3 is 9.47 Å². The summed E-state index contributed by atoms with van der Waals surface area (Å²) in [6.45, 7) is 0. The molecular weight excluding hydrogens is 240 g/mol. The molecule has 0 amide bonds. The van der Waals surface area contributed by atoms with Crippen molar-refractivity contribution in [2.45, 2.75) is 11.0 Å². The van der Waals surface area contributed by atoms with Crippen molar-refractivity contribution in [3.63, 3.8) is 0 Å². The number of benzene rings is 1. The summed E-state index contributed by atoms with van der Waals surface area (Å²) < 4.78 is 11.3. The second kappa shape index (κ2) is 5.73. The minimum atomic E-state index is 0.485. The molecule has 1 fully saturated rings. The van der Waals surface area contributed by atoms with Crippen molar-refractivity contribution in [1.29, 1.82) is 0 Å². The molecule has 4 heteroatoms. The molecule has 0 aromatic heterocycles. The molecule has 1 saturated heterocycles. The van der Waals surface area contributed by atoms with E-state index in [1.54, 1.807) is 14.2 Å². The van der Waals surface area contributed by atoms with Gasteiger partial charge in [-0.3, -0.25) is 0 Å². The van der Waals surface area contributed by atoms with Gasteiger partial charge in [-0.25, -0.2) is 0 Å². The van der Waals surface area contributed by atoms with Gasteiger partial charge in [-0.1, -0.05) is 12.1 Å². The van der Waals surface area contributed by atoms with Crippen LogP contribution in [0.25, 0.3) is 0 Å². The van der Waals surface area contributed by atoms with Gasteiger partial charge in [-0.2, -0.15) is 0 Å². The minimum Gasteiger partial charge on any atom is -0.493 e. The predicted molar refractivity (Wildman–Crippen MR) is 71.8 cm³/mol. The van der Waals surface area contributed by atoms with Crippen molar-refractivity contribution >= 4 is 23.5 Å². The van der Waals surface area contributed by atoms with Crippen molar-refractivity contribution in [3.8, 4) is 11.5 Å². The second-order valence-electron chi connectivity index (χ2n) is 3.51. The van der Waals surface area contributed by atoms with E-state index >= 15 is 0 Å². The van der Waals surface area contributed by atoms with Crippen molar-refractivity contribution in [2.24, 2.45) is 0 Å². The van der Waals surface area contributed by atoms with Crippen LogP contribution in [0.5, 0.6) is 11.5 Å². The van der Waals surface area contributed by atoms with Crippen LogP contribution < -0.4 is 9.47 Å². The maximum absolute atomic E-state index is 5.47. The Labute approximate surface area is 105 Å². The first-order chi connectivity index (χ1) is 7.86. The molecule has 16 heavy (non-hydrogen) atoms. The van der Waals surface area contributed by atoms with E-state index in [-0.39, 0.29) is 0 Å². The maximum atomic E-state index is 5.47. The van der Waals surface area contributed by atoms with Crippen LogP contribution in [-0.4, -0.2) is 25.7 Å². The van der Waals surface area contributed by atoms with Gasteiger partial charge in [0.1, 0.15) is 0 Å². The molecule has 0 unspecified atom stereocenters. The van der Waals surface area contributed by atoms with Crippen LogP contribution in [0.2, 0.25) is 0 Å². The van der Waals surface area contributed by atoms with Crippen LogP contribution in [0.15, 0.2) is 18.2 Å². The average Bonchev–Trinajstić information content (AvgIpc) is 2.38. The zero-order chi connectivity index (χ0) is 11.4. The van der Waals surface area contributed by atoms with Gasteiger partial charge in [-0.05, 0) is 24.0 Å². The number of rotatable bonds is 3. The molecule has 0 atom stereocenters. The molecule has 1 aromatic rings. The van der Waals surface area contributed by atoms with Gasteiger partial charge >= 0.3 is 0 Å². The summed E-state index contributed by atoms with van der Waals surface area (Å²) in [6, 6.07) is 6.12. The van der Waals surface area contributed by atoms with E-state index in [9.17, 15) is 0 Å². The van der Waals surface area contributed by atoms with E-state index in [0.29, 0.717) is 4.58 Å². The fourth-order valence-electron chi connectivity index (χ4n) is 1.76. The highest BCUT2D eigenvalue weighted by atomic mass is 32.2. The summed E-state index contributed by atoms with van der Waals surface area (Å²) >= 11 is 3.98. The third-order valence-corrected chi connectivity index (χ3v) is 5.49. The second-order valence-corrected chi connectivity index (χ2v) is 6.23. The lowest BCUT2D eigenvalue weighted by atomic mass is 10.2. The Hall–Kier alpha value is -0.480. The van der Waals surface area contributed by atoms with E-state index in [4.69, 9.17) is 9.47 Å². The first-order valence-electron chi connectivity index (χ1n) is 5.31. The SMILES string of the molecule is COc1cccc(C2SCCCS2)c1OC. The van der Waals surface area contributed by atoms with Gasteiger partial charge in [0.25, 0.3) is 0 Å². The number of hydrogen-bond donors (Lipinski definition) is 0. The Morgan fingerprint density at radius 1 is 1.12 bits per heavy atom. The number of para-hydroxylation sites is 1. The highest BCUT2D eigenvalue weighted by molar-refractivity contribution is 8.16. The van der Waals surface area contributed by atoms with E-state index in [0.717, 1.165) is 11.5 Å². The van der Waals surface area contributed by atoms with Crippen LogP contribution in [0.3, 0.4) is 0 Å². The van der Waals surface area contributed by atoms with Crippen molar-refractivity contribution < 1.29 is 9.47 Å². The van der Waals surface area contributed by atoms with Gasteiger partial charge in [-0.15, -0.1) is 23.5 Å². The topological polar surface area (TPSA) is 18.5 Å². The van der Waals surface area contributed by atoms with Gasteiger partial charge in [0.15, 0.2) is 11.5 Å². The first kappa shape index (κ1) is 12.0. The number of hydrogen-bond acceptors (Lipinski definition) is 4. The monoisotopic (exact) mass is 256 g/mol. The number of methoxy groups -OCH3 is 2. The van der Waals surface area contributed by atoms with Gasteiger partial charge in [0.2, 0.25) is 0 Å². The van der Waals surface area contributed by atoms with Crippen LogP contribution in [0, 0.1) is 0 Å². The third kappa shape index (κ3) is 2.43. The van der Waals surface area contributed by atoms with Crippen LogP contribution in [-0.2, 0) is 0 Å². The molecule has 0 saturated carbocycles. The summed E-state index contributed by atoms with van der Waals surface area (Å²) in [6.07, 6.45) is 1.30. The Morgan fingerprint density at radius 2 is 1.88 bits per heavy atom. The lowest BCUT2D eigenvalue weighted by molar-refractivity contribution is 0.352. The fraction of sp³-hybridized carbons (Fsp3) is 0.500. The lowest BCUT2D eigenvalue weighted by Crippen LogP contribution is -2.03. The summed E-state index contributed by atoms with van der Waals surface area (Å²) in [5.41, 5.74) is 1.25. The standard InChI is InChI=1S/C12H16O2S2/c1-13-10-6-3-5-9(11(10)14-2)12-15-7-4-8-16-12/h3,5-6,12H,4,7-8H2,1-2H3. The Balaban J connectivity index is 2.30. The van der Waals surface area contributed by atoms with Gasteiger partial charge in [0, 0.05) is 5.56 Å². The number of thioether (sulfide) groups is 2. The molecule has 1 aromatic carbocycles. The zero-order valence-corrected chi connectivity index (χ0v) is 11.2. The lowest BCUT2D eigenvalue weighted by Gasteiger charge is -2.23. The highest BCUT2D eigenvalue weighted by Gasteiger charge is 2.22. The van der Waals surface area contributed by atoms with Crippen LogP contribution >= 0.6 is 23.5 Å². The van der Waals surface area contributed by atoms with E-state index in [2.05, 4.69) is 6.07 Å². The van der Waals surface area contributed by atoms with Crippen molar-refractivity contribution in [1.82, 2.24) is 0 Å². The molecule has 0 aliphatic carbocycles. The molecule has 2 nitrogen and oxygen atoms in total. The summed E-state index contributed by atoms with van der Waals surface area (Å²) in [5, 5.41) is 0. The van der Waals surface area contributed by atoms with Crippen LogP contribution in [0.1, 0.15) is 16.6 Å². The molecule has 88 valence electrons. The third-order valence-electron chi connectivity index (χ3n) is 2.51. The van der Waals surface area contributed by atoms with Crippen molar-refractivity contribution in [3.05, 3.63) is 23.8 Å². The Bertz CT molecular complexity index is 349. The Morgan fingerprint density at radius 3 is 2.50 bits per heavy atom. The minimum absolute atomic E-state index is 0.485. The predicted octanol–water partition coefficient (Wildman–Crippen LogP) is 3.57. The molecule has 0 N–H and O–H groups in total. The van der Waals surface area contributed by atoms with Crippen molar-refractivity contribution in [2.75, 3.05) is 25.7 Å². The molecule has 0 bridgehead atoms. The van der Waals surface area contributed by atoms with E-state index < -0.39 is 0 Å². The molecule has 0 radical (unpaired) electrons. The Kier molecular flexibility index (Phi) is 4.29. The zero-order valence-electron chi connectivity index (χ0n) is 9.56. The van der Waals surface area contributed by atoms with Crippen LogP contribution in [0.4, 0.5) is 0 Å². The van der Waals surface area contributed by atoms with Gasteiger partial charge in [0.05, 0.1) is 18.8 Å². The first-order valence-corrected chi connectivity index (χ1v) is 7.40. The summed E-state index contributed by atoms with van der Waals surface area (Å²) in [7, 11) is 3.39. The molecular formula is C12H16O2S2. The smallest absolute Gasteiger partial charge is 0.165 e. The molecule has 0 spiro atoms. The summed E-state index contributed by atoms with van der Waals surface area (Å²) in [4.78, 5) is 0. The highest BCUT2D eigenvalue weighted by Crippen LogP contribution is 2.48. The fourth-order valence-corrected chi connectivity index (χ4v) is 4.69. The quantitative estimate of drug-likeness (QED) is 0.822. The molecule has 2 rings (SSSR count).